The minimum Gasteiger partial charge on any atom is -0.508 e. The minimum atomic E-state index is -3.95. The summed E-state index contributed by atoms with van der Waals surface area (Å²) < 4.78 is 29.7. The number of amidine groups is 1. The molecule has 0 aliphatic heterocycles. The number of rotatable bonds is 4. The molecule has 0 aliphatic carbocycles. The van der Waals surface area contributed by atoms with E-state index in [2.05, 4.69) is 4.40 Å². The van der Waals surface area contributed by atoms with Crippen LogP contribution in [0.1, 0.15) is 5.56 Å². The van der Waals surface area contributed by atoms with Gasteiger partial charge in [0.2, 0.25) is 0 Å². The quantitative estimate of drug-likeness (QED) is 0.523. The van der Waals surface area contributed by atoms with Gasteiger partial charge in [-0.1, -0.05) is 41.9 Å². The van der Waals surface area contributed by atoms with Gasteiger partial charge in [0.15, 0.2) is 5.84 Å². The van der Waals surface area contributed by atoms with E-state index in [1.165, 1.54) is 36.4 Å². The monoisotopic (exact) mass is 400 g/mol. The van der Waals surface area contributed by atoms with Crippen molar-refractivity contribution in [2.24, 2.45) is 4.40 Å². The average molecular weight is 401 g/mol. The Balaban J connectivity index is 2.11. The number of sulfonamides is 1. The van der Waals surface area contributed by atoms with Gasteiger partial charge in [0.25, 0.3) is 10.0 Å². The van der Waals surface area contributed by atoms with Crippen LogP contribution < -0.4 is 4.90 Å². The highest BCUT2D eigenvalue weighted by Gasteiger charge is 2.19. The molecule has 0 spiro atoms. The van der Waals surface area contributed by atoms with Crippen LogP contribution in [0.5, 0.6) is 5.75 Å². The molecule has 3 aromatic carbocycles. The van der Waals surface area contributed by atoms with Crippen LogP contribution in [0.15, 0.2) is 88.2 Å². The van der Waals surface area contributed by atoms with E-state index in [9.17, 15) is 13.5 Å². The predicted octanol–water partition coefficient (Wildman–Crippen LogP) is 4.32. The highest BCUT2D eigenvalue weighted by atomic mass is 35.5. The molecule has 0 aromatic heterocycles. The van der Waals surface area contributed by atoms with Gasteiger partial charge in [0, 0.05) is 23.3 Å². The number of hydrogen-bond donors (Lipinski definition) is 1. The number of phenols is 1. The zero-order valence-electron chi connectivity index (χ0n) is 14.4. The topological polar surface area (TPSA) is 70.0 Å². The first-order chi connectivity index (χ1) is 12.9. The SMILES string of the molecule is CN(C(=NS(=O)(=O)c1ccc(Cl)cc1)c1ccccc1)c1ccc(O)cc1. The Morgan fingerprint density at radius 3 is 2.11 bits per heavy atom. The van der Waals surface area contributed by atoms with E-state index in [0.29, 0.717) is 16.3 Å². The summed E-state index contributed by atoms with van der Waals surface area (Å²) in [5.74, 6) is 0.385. The molecule has 0 bridgehead atoms. The summed E-state index contributed by atoms with van der Waals surface area (Å²) in [4.78, 5) is 1.71. The molecule has 3 aromatic rings. The summed E-state index contributed by atoms with van der Waals surface area (Å²) in [5.41, 5.74) is 1.33. The van der Waals surface area contributed by atoms with Crippen molar-refractivity contribution < 1.29 is 13.5 Å². The molecule has 0 radical (unpaired) electrons. The number of hydrogen-bond acceptors (Lipinski definition) is 3. The van der Waals surface area contributed by atoms with Crippen LogP contribution in [0, 0.1) is 0 Å². The first kappa shape index (κ1) is 18.9. The fourth-order valence-electron chi connectivity index (χ4n) is 2.47. The van der Waals surface area contributed by atoms with E-state index in [1.54, 1.807) is 36.2 Å². The number of nitrogens with zero attached hydrogens (tertiary/aromatic N) is 2. The smallest absolute Gasteiger partial charge is 0.284 e. The lowest BCUT2D eigenvalue weighted by Gasteiger charge is -2.21. The standard InChI is InChI=1S/C20H17ClN2O3S/c1-23(17-9-11-18(24)12-10-17)20(15-5-3-2-4-6-15)22-27(25,26)19-13-7-16(21)8-14-19/h2-14,24H,1H3. The molecule has 138 valence electrons. The zero-order valence-corrected chi connectivity index (χ0v) is 16.0. The highest BCUT2D eigenvalue weighted by Crippen LogP contribution is 2.22. The molecule has 0 fully saturated rings. The molecule has 0 saturated carbocycles. The summed E-state index contributed by atoms with van der Waals surface area (Å²) in [6.45, 7) is 0. The molecule has 0 amide bonds. The Labute approximate surface area is 163 Å². The number of anilines is 1. The van der Waals surface area contributed by atoms with Gasteiger partial charge in [-0.15, -0.1) is 4.40 Å². The van der Waals surface area contributed by atoms with Crippen LogP contribution in [-0.2, 0) is 10.0 Å². The predicted molar refractivity (Wildman–Crippen MR) is 108 cm³/mol. The molecular formula is C20H17ClN2O3S. The maximum absolute atomic E-state index is 12.8. The first-order valence-corrected chi connectivity index (χ1v) is 9.87. The van der Waals surface area contributed by atoms with E-state index in [-0.39, 0.29) is 16.5 Å². The van der Waals surface area contributed by atoms with E-state index in [0.717, 1.165) is 0 Å². The van der Waals surface area contributed by atoms with Crippen molar-refractivity contribution in [3.05, 3.63) is 89.4 Å². The van der Waals surface area contributed by atoms with E-state index < -0.39 is 10.0 Å². The van der Waals surface area contributed by atoms with Crippen LogP contribution in [-0.4, -0.2) is 26.4 Å². The van der Waals surface area contributed by atoms with Gasteiger partial charge in [0.05, 0.1) is 4.90 Å². The number of halogens is 1. The number of benzene rings is 3. The van der Waals surface area contributed by atoms with Gasteiger partial charge in [-0.25, -0.2) is 0 Å². The molecular weight excluding hydrogens is 384 g/mol. The second kappa shape index (κ2) is 7.82. The van der Waals surface area contributed by atoms with Crippen LogP contribution >= 0.6 is 11.6 Å². The van der Waals surface area contributed by atoms with Crippen molar-refractivity contribution in [1.29, 1.82) is 0 Å². The molecule has 0 saturated heterocycles. The Morgan fingerprint density at radius 1 is 0.926 bits per heavy atom. The van der Waals surface area contributed by atoms with Crippen LogP contribution in [0.25, 0.3) is 0 Å². The average Bonchev–Trinajstić information content (AvgIpc) is 2.67. The van der Waals surface area contributed by atoms with Crippen molar-refractivity contribution in [3.8, 4) is 5.75 Å². The van der Waals surface area contributed by atoms with Crippen molar-refractivity contribution in [3.63, 3.8) is 0 Å². The van der Waals surface area contributed by atoms with Gasteiger partial charge in [-0.05, 0) is 48.5 Å². The van der Waals surface area contributed by atoms with Gasteiger partial charge < -0.3 is 10.0 Å². The third kappa shape index (κ3) is 4.48. The molecule has 0 unspecified atom stereocenters. The molecule has 0 heterocycles. The molecule has 0 aliphatic rings. The zero-order chi connectivity index (χ0) is 19.4. The number of aromatic hydroxyl groups is 1. The third-order valence-corrected chi connectivity index (χ3v) is 5.44. The largest absolute Gasteiger partial charge is 0.508 e. The Kier molecular flexibility index (Phi) is 5.48. The molecule has 5 nitrogen and oxygen atoms in total. The summed E-state index contributed by atoms with van der Waals surface area (Å²) >= 11 is 5.85. The fraction of sp³-hybridized carbons (Fsp3) is 0.0500. The molecule has 1 N–H and O–H groups in total. The lowest BCUT2D eigenvalue weighted by molar-refractivity contribution is 0.475. The van der Waals surface area contributed by atoms with Crippen molar-refractivity contribution in [2.75, 3.05) is 11.9 Å². The lowest BCUT2D eigenvalue weighted by atomic mass is 10.2. The lowest BCUT2D eigenvalue weighted by Crippen LogP contribution is -2.28. The van der Waals surface area contributed by atoms with Gasteiger partial charge >= 0.3 is 0 Å². The minimum absolute atomic E-state index is 0.0550. The van der Waals surface area contributed by atoms with Gasteiger partial charge in [0.1, 0.15) is 5.75 Å². The molecule has 3 rings (SSSR count). The van der Waals surface area contributed by atoms with Crippen molar-refractivity contribution in [2.45, 2.75) is 4.90 Å². The van der Waals surface area contributed by atoms with E-state index in [4.69, 9.17) is 11.6 Å². The van der Waals surface area contributed by atoms with Crippen LogP contribution in [0.3, 0.4) is 0 Å². The Hall–Kier alpha value is -2.83. The fourth-order valence-corrected chi connectivity index (χ4v) is 3.63. The van der Waals surface area contributed by atoms with Crippen LogP contribution in [0.4, 0.5) is 5.69 Å². The second-order valence-electron chi connectivity index (χ2n) is 5.79. The second-order valence-corrected chi connectivity index (χ2v) is 7.83. The number of phenolic OH excluding ortho intramolecular Hbond substituents is 1. The molecule has 0 atom stereocenters. The van der Waals surface area contributed by atoms with Gasteiger partial charge in [-0.3, -0.25) is 0 Å². The normalized spacial score (nSPS) is 12.0. The van der Waals surface area contributed by atoms with Gasteiger partial charge in [-0.2, -0.15) is 8.42 Å². The van der Waals surface area contributed by atoms with E-state index >= 15 is 0 Å². The van der Waals surface area contributed by atoms with Crippen molar-refractivity contribution >= 4 is 33.1 Å². The summed E-state index contributed by atoms with van der Waals surface area (Å²) in [5, 5.41) is 9.94. The summed E-state index contributed by atoms with van der Waals surface area (Å²) in [6, 6.07) is 21.3. The highest BCUT2D eigenvalue weighted by molar-refractivity contribution is 7.90. The van der Waals surface area contributed by atoms with Crippen molar-refractivity contribution in [1.82, 2.24) is 0 Å². The third-order valence-electron chi connectivity index (χ3n) is 3.90. The molecule has 27 heavy (non-hydrogen) atoms. The van der Waals surface area contributed by atoms with Crippen LogP contribution in [0.2, 0.25) is 5.02 Å². The molecule has 7 heteroatoms. The Morgan fingerprint density at radius 2 is 1.52 bits per heavy atom. The maximum atomic E-state index is 12.8. The summed E-state index contributed by atoms with van der Waals surface area (Å²) in [7, 11) is -2.23. The van der Waals surface area contributed by atoms with E-state index in [1.807, 2.05) is 18.2 Å². The maximum Gasteiger partial charge on any atom is 0.284 e. The Bertz CT molecular complexity index is 1050. The first-order valence-electron chi connectivity index (χ1n) is 8.05. The summed E-state index contributed by atoms with van der Waals surface area (Å²) in [6.07, 6.45) is 0.